The molecule has 0 aromatic carbocycles. The van der Waals surface area contributed by atoms with E-state index in [0.29, 0.717) is 12.4 Å². The van der Waals surface area contributed by atoms with Crippen LogP contribution in [0.1, 0.15) is 26.1 Å². The summed E-state index contributed by atoms with van der Waals surface area (Å²) in [4.78, 5) is 32.0. The number of imide groups is 1. The molecule has 0 unspecified atom stereocenters. The number of carbonyl (C=O) groups is 2. The van der Waals surface area contributed by atoms with Gasteiger partial charge in [-0.15, -0.1) is 0 Å². The minimum absolute atomic E-state index is 0.254. The van der Waals surface area contributed by atoms with Gasteiger partial charge in [0, 0.05) is 31.9 Å². The standard InChI is InChI=1S/C12H15N3O2/c1-3-9-15(10(2)16)12(17)6-5-11-13-7-4-8-14-11/h4-8H,3,9H2,1-2H3/b6-5+. The van der Waals surface area contributed by atoms with Gasteiger partial charge in [0.1, 0.15) is 0 Å². The molecular weight excluding hydrogens is 218 g/mol. The molecule has 0 saturated carbocycles. The first-order chi connectivity index (χ1) is 8.15. The first-order valence-corrected chi connectivity index (χ1v) is 5.42. The van der Waals surface area contributed by atoms with Crippen molar-refractivity contribution in [1.29, 1.82) is 0 Å². The molecule has 5 heteroatoms. The van der Waals surface area contributed by atoms with Crippen molar-refractivity contribution in [2.75, 3.05) is 6.54 Å². The summed E-state index contributed by atoms with van der Waals surface area (Å²) in [6.07, 6.45) is 6.72. The van der Waals surface area contributed by atoms with Crippen LogP contribution in [0.5, 0.6) is 0 Å². The van der Waals surface area contributed by atoms with Crippen molar-refractivity contribution >= 4 is 17.9 Å². The van der Waals surface area contributed by atoms with E-state index < -0.39 is 0 Å². The Labute approximate surface area is 100 Å². The van der Waals surface area contributed by atoms with Gasteiger partial charge in [0.05, 0.1) is 0 Å². The van der Waals surface area contributed by atoms with Gasteiger partial charge in [-0.05, 0) is 18.6 Å². The van der Waals surface area contributed by atoms with Crippen LogP contribution in [0, 0.1) is 0 Å². The van der Waals surface area contributed by atoms with Crippen LogP contribution in [0.25, 0.3) is 6.08 Å². The summed E-state index contributed by atoms with van der Waals surface area (Å²) >= 11 is 0. The second-order valence-corrected chi connectivity index (χ2v) is 3.45. The van der Waals surface area contributed by atoms with Gasteiger partial charge in [-0.3, -0.25) is 14.5 Å². The van der Waals surface area contributed by atoms with Crippen LogP contribution in [0.2, 0.25) is 0 Å². The molecule has 0 radical (unpaired) electrons. The Balaban J connectivity index is 2.70. The number of carbonyl (C=O) groups excluding carboxylic acids is 2. The molecule has 1 heterocycles. The van der Waals surface area contributed by atoms with E-state index in [4.69, 9.17) is 0 Å². The molecule has 17 heavy (non-hydrogen) atoms. The summed E-state index contributed by atoms with van der Waals surface area (Å²) in [5, 5.41) is 0. The summed E-state index contributed by atoms with van der Waals surface area (Å²) in [7, 11) is 0. The third kappa shape index (κ3) is 4.14. The number of nitrogens with zero attached hydrogens (tertiary/aromatic N) is 3. The molecule has 0 N–H and O–H groups in total. The number of hydrogen-bond donors (Lipinski definition) is 0. The fourth-order valence-corrected chi connectivity index (χ4v) is 1.28. The zero-order valence-electron chi connectivity index (χ0n) is 9.96. The summed E-state index contributed by atoms with van der Waals surface area (Å²) in [6, 6.07) is 1.69. The van der Waals surface area contributed by atoms with Crippen molar-refractivity contribution in [2.24, 2.45) is 0 Å². The minimum atomic E-state index is -0.341. The van der Waals surface area contributed by atoms with E-state index in [1.807, 2.05) is 6.92 Å². The van der Waals surface area contributed by atoms with Crippen LogP contribution < -0.4 is 0 Å². The largest absolute Gasteiger partial charge is 0.279 e. The maximum atomic E-state index is 11.7. The molecule has 0 aliphatic heterocycles. The van der Waals surface area contributed by atoms with Gasteiger partial charge in [0.15, 0.2) is 5.82 Å². The number of hydrogen-bond acceptors (Lipinski definition) is 4. The summed E-state index contributed by atoms with van der Waals surface area (Å²) in [5.74, 6) is -0.150. The molecule has 1 aromatic heterocycles. The molecule has 0 bridgehead atoms. The minimum Gasteiger partial charge on any atom is -0.279 e. The molecule has 0 atom stereocenters. The monoisotopic (exact) mass is 233 g/mol. The highest BCUT2D eigenvalue weighted by Gasteiger charge is 2.13. The summed E-state index contributed by atoms with van der Waals surface area (Å²) in [5.41, 5.74) is 0. The third-order valence-corrected chi connectivity index (χ3v) is 2.05. The highest BCUT2D eigenvalue weighted by Crippen LogP contribution is 1.98. The molecule has 2 amide bonds. The fraction of sp³-hybridized carbons (Fsp3) is 0.333. The van der Waals surface area contributed by atoms with Crippen LogP contribution in [0.15, 0.2) is 24.5 Å². The Morgan fingerprint density at radius 3 is 2.53 bits per heavy atom. The molecule has 0 saturated heterocycles. The Morgan fingerprint density at radius 1 is 1.35 bits per heavy atom. The zero-order valence-corrected chi connectivity index (χ0v) is 9.96. The first kappa shape index (κ1) is 13.0. The SMILES string of the molecule is CCCN(C(C)=O)C(=O)/C=C/c1ncccn1. The van der Waals surface area contributed by atoms with Gasteiger partial charge in [0.25, 0.3) is 5.91 Å². The molecule has 0 aliphatic rings. The summed E-state index contributed by atoms with van der Waals surface area (Å²) < 4.78 is 0. The van der Waals surface area contributed by atoms with Crippen molar-refractivity contribution in [1.82, 2.24) is 14.9 Å². The van der Waals surface area contributed by atoms with Crippen LogP contribution in [0.4, 0.5) is 0 Å². The first-order valence-electron chi connectivity index (χ1n) is 5.42. The molecule has 5 nitrogen and oxygen atoms in total. The quantitative estimate of drug-likeness (QED) is 0.735. The van der Waals surface area contributed by atoms with Gasteiger partial charge >= 0.3 is 0 Å². The maximum absolute atomic E-state index is 11.7. The van der Waals surface area contributed by atoms with E-state index in [9.17, 15) is 9.59 Å². The Bertz CT molecular complexity index is 415. The van der Waals surface area contributed by atoms with Crippen LogP contribution in [-0.2, 0) is 9.59 Å². The molecular formula is C12H15N3O2. The van der Waals surface area contributed by atoms with Gasteiger partial charge < -0.3 is 0 Å². The van der Waals surface area contributed by atoms with Crippen molar-refractivity contribution < 1.29 is 9.59 Å². The second-order valence-electron chi connectivity index (χ2n) is 3.45. The Hall–Kier alpha value is -2.04. The smallest absolute Gasteiger partial charge is 0.253 e. The maximum Gasteiger partial charge on any atom is 0.253 e. The predicted octanol–water partition coefficient (Wildman–Crippen LogP) is 1.27. The third-order valence-electron chi connectivity index (χ3n) is 2.05. The number of aromatic nitrogens is 2. The molecule has 1 rings (SSSR count). The lowest BCUT2D eigenvalue weighted by Crippen LogP contribution is -2.34. The average molecular weight is 233 g/mol. The summed E-state index contributed by atoms with van der Waals surface area (Å²) in [6.45, 7) is 3.71. The second kappa shape index (κ2) is 6.52. The molecule has 0 spiro atoms. The molecule has 1 aromatic rings. The zero-order chi connectivity index (χ0) is 12.7. The van der Waals surface area contributed by atoms with Crippen LogP contribution in [0.3, 0.4) is 0 Å². The van der Waals surface area contributed by atoms with Gasteiger partial charge in [-0.1, -0.05) is 6.92 Å². The molecule has 0 aliphatic carbocycles. The predicted molar refractivity (Wildman–Crippen MR) is 63.8 cm³/mol. The van der Waals surface area contributed by atoms with E-state index in [-0.39, 0.29) is 11.8 Å². The van der Waals surface area contributed by atoms with E-state index in [2.05, 4.69) is 9.97 Å². The van der Waals surface area contributed by atoms with E-state index in [0.717, 1.165) is 6.42 Å². The fourth-order valence-electron chi connectivity index (χ4n) is 1.28. The number of amides is 2. The lowest BCUT2D eigenvalue weighted by Gasteiger charge is -2.15. The topological polar surface area (TPSA) is 63.2 Å². The van der Waals surface area contributed by atoms with Crippen LogP contribution in [-0.4, -0.2) is 33.2 Å². The van der Waals surface area contributed by atoms with E-state index >= 15 is 0 Å². The molecule has 0 fully saturated rings. The highest BCUT2D eigenvalue weighted by molar-refractivity contribution is 6.01. The van der Waals surface area contributed by atoms with Crippen molar-refractivity contribution in [3.05, 3.63) is 30.4 Å². The van der Waals surface area contributed by atoms with E-state index in [1.54, 1.807) is 18.5 Å². The highest BCUT2D eigenvalue weighted by atomic mass is 16.2. The normalized spacial score (nSPS) is 10.5. The number of rotatable bonds is 4. The molecule has 90 valence electrons. The lowest BCUT2D eigenvalue weighted by atomic mass is 10.3. The van der Waals surface area contributed by atoms with Gasteiger partial charge in [-0.25, -0.2) is 9.97 Å². The van der Waals surface area contributed by atoms with Gasteiger partial charge in [-0.2, -0.15) is 0 Å². The van der Waals surface area contributed by atoms with Crippen molar-refractivity contribution in [2.45, 2.75) is 20.3 Å². The Morgan fingerprint density at radius 2 is 2.00 bits per heavy atom. The van der Waals surface area contributed by atoms with Crippen LogP contribution >= 0.6 is 0 Å². The Kier molecular flexibility index (Phi) is 5.00. The average Bonchev–Trinajstić information content (AvgIpc) is 2.34. The van der Waals surface area contributed by atoms with Crippen molar-refractivity contribution in [3.8, 4) is 0 Å². The van der Waals surface area contributed by atoms with E-state index in [1.165, 1.54) is 24.0 Å². The van der Waals surface area contributed by atoms with Gasteiger partial charge in [0.2, 0.25) is 5.91 Å². The lowest BCUT2D eigenvalue weighted by molar-refractivity contribution is -0.140. The van der Waals surface area contributed by atoms with Crippen molar-refractivity contribution in [3.63, 3.8) is 0 Å².